The first-order chi connectivity index (χ1) is 7.72. The highest BCUT2D eigenvalue weighted by Gasteiger charge is 2.06. The molecule has 0 aromatic heterocycles. The maximum absolute atomic E-state index is 11.8. The minimum atomic E-state index is -1.18. The van der Waals surface area contributed by atoms with E-state index in [0.29, 0.717) is 0 Å². The molecular formula is C11H14FNO3. The molecular weight excluding hydrogens is 213 g/mol. The number of alkyl carbamates (subject to hydrolysis) is 1. The lowest BCUT2D eigenvalue weighted by Gasteiger charge is -2.09. The maximum atomic E-state index is 11.8. The van der Waals surface area contributed by atoms with Crippen molar-refractivity contribution in [1.82, 2.24) is 5.32 Å². The summed E-state index contributed by atoms with van der Waals surface area (Å²) >= 11 is 0. The summed E-state index contributed by atoms with van der Waals surface area (Å²) in [7, 11) is 0. The van der Waals surface area contributed by atoms with Gasteiger partial charge in [0.05, 0.1) is 6.10 Å². The second kappa shape index (κ2) is 6.79. The summed E-state index contributed by atoms with van der Waals surface area (Å²) < 4.78 is 16.7. The summed E-state index contributed by atoms with van der Waals surface area (Å²) in [6.07, 6.45) is -1.85. The fourth-order valence-corrected chi connectivity index (χ4v) is 1.03. The Balaban J connectivity index is 2.20. The van der Waals surface area contributed by atoms with E-state index in [9.17, 15) is 9.18 Å². The summed E-state index contributed by atoms with van der Waals surface area (Å²) in [5.41, 5.74) is 0.865. The van der Waals surface area contributed by atoms with E-state index in [-0.39, 0.29) is 13.2 Å². The van der Waals surface area contributed by atoms with Crippen molar-refractivity contribution in [2.24, 2.45) is 0 Å². The van der Waals surface area contributed by atoms with Crippen LogP contribution in [0.5, 0.6) is 0 Å². The molecule has 1 unspecified atom stereocenters. The number of benzene rings is 1. The molecule has 1 atom stereocenters. The van der Waals surface area contributed by atoms with Crippen molar-refractivity contribution in [2.45, 2.75) is 12.7 Å². The second-order valence-corrected chi connectivity index (χ2v) is 3.25. The highest BCUT2D eigenvalue weighted by Crippen LogP contribution is 2.00. The van der Waals surface area contributed by atoms with Crippen LogP contribution >= 0.6 is 0 Å². The third-order valence-electron chi connectivity index (χ3n) is 1.87. The fourth-order valence-electron chi connectivity index (χ4n) is 1.03. The largest absolute Gasteiger partial charge is 0.445 e. The van der Waals surface area contributed by atoms with Gasteiger partial charge in [0.15, 0.2) is 0 Å². The van der Waals surface area contributed by atoms with Gasteiger partial charge in [0.2, 0.25) is 0 Å². The number of aliphatic hydroxyl groups excluding tert-OH is 1. The van der Waals surface area contributed by atoms with E-state index >= 15 is 0 Å². The van der Waals surface area contributed by atoms with Crippen LogP contribution < -0.4 is 5.32 Å². The summed E-state index contributed by atoms with van der Waals surface area (Å²) in [4.78, 5) is 11.1. The number of halogens is 1. The third kappa shape index (κ3) is 4.75. The van der Waals surface area contributed by atoms with Crippen LogP contribution in [0.15, 0.2) is 30.3 Å². The minimum Gasteiger partial charge on any atom is -0.445 e. The monoisotopic (exact) mass is 227 g/mol. The van der Waals surface area contributed by atoms with Crippen LogP contribution in [0.3, 0.4) is 0 Å². The lowest BCUT2D eigenvalue weighted by molar-refractivity contribution is 0.115. The zero-order valence-corrected chi connectivity index (χ0v) is 8.73. The van der Waals surface area contributed by atoms with Gasteiger partial charge in [-0.2, -0.15) is 0 Å². The molecule has 88 valence electrons. The van der Waals surface area contributed by atoms with Crippen molar-refractivity contribution in [3.63, 3.8) is 0 Å². The predicted molar refractivity (Wildman–Crippen MR) is 56.6 cm³/mol. The van der Waals surface area contributed by atoms with Gasteiger partial charge in [-0.3, -0.25) is 0 Å². The number of hydrogen-bond acceptors (Lipinski definition) is 3. The number of ether oxygens (including phenoxy) is 1. The van der Waals surface area contributed by atoms with Gasteiger partial charge in [-0.1, -0.05) is 30.3 Å². The van der Waals surface area contributed by atoms with Gasteiger partial charge >= 0.3 is 6.09 Å². The smallest absolute Gasteiger partial charge is 0.407 e. The lowest BCUT2D eigenvalue weighted by atomic mass is 10.2. The number of aliphatic hydroxyl groups is 1. The number of nitrogens with one attached hydrogen (secondary N) is 1. The molecule has 2 N–H and O–H groups in total. The Bertz CT molecular complexity index is 318. The molecule has 1 aromatic carbocycles. The van der Waals surface area contributed by atoms with Crippen LogP contribution in [0.1, 0.15) is 5.56 Å². The summed E-state index contributed by atoms with van der Waals surface area (Å²) in [6, 6.07) is 9.18. The molecule has 0 spiro atoms. The first-order valence-corrected chi connectivity index (χ1v) is 4.91. The SMILES string of the molecule is O=C(NCC(O)CF)OCc1ccccc1. The molecule has 0 saturated carbocycles. The zero-order valence-electron chi connectivity index (χ0n) is 8.73. The molecule has 16 heavy (non-hydrogen) atoms. The molecule has 1 amide bonds. The van der Waals surface area contributed by atoms with E-state index in [0.717, 1.165) is 5.56 Å². The van der Waals surface area contributed by atoms with Crippen LogP contribution in [-0.4, -0.2) is 30.5 Å². The van der Waals surface area contributed by atoms with Crippen molar-refractivity contribution in [1.29, 1.82) is 0 Å². The highest BCUT2D eigenvalue weighted by molar-refractivity contribution is 5.67. The van der Waals surface area contributed by atoms with Crippen LogP contribution in [-0.2, 0) is 11.3 Å². The summed E-state index contributed by atoms with van der Waals surface area (Å²) in [6.45, 7) is -0.887. The average molecular weight is 227 g/mol. The lowest BCUT2D eigenvalue weighted by Crippen LogP contribution is -2.33. The van der Waals surface area contributed by atoms with Crippen LogP contribution in [0.4, 0.5) is 9.18 Å². The molecule has 0 saturated heterocycles. The molecule has 0 fully saturated rings. The molecule has 0 radical (unpaired) electrons. The van der Waals surface area contributed by atoms with E-state index in [1.54, 1.807) is 0 Å². The summed E-state index contributed by atoms with van der Waals surface area (Å²) in [5.74, 6) is 0. The van der Waals surface area contributed by atoms with Crippen molar-refractivity contribution < 1.29 is 19.0 Å². The Kier molecular flexibility index (Phi) is 5.28. The molecule has 5 heteroatoms. The first-order valence-electron chi connectivity index (χ1n) is 4.91. The van der Waals surface area contributed by atoms with E-state index < -0.39 is 18.9 Å². The highest BCUT2D eigenvalue weighted by atomic mass is 19.1. The van der Waals surface area contributed by atoms with E-state index in [4.69, 9.17) is 9.84 Å². The maximum Gasteiger partial charge on any atom is 0.407 e. The first kappa shape index (κ1) is 12.4. The molecule has 0 aliphatic rings. The topological polar surface area (TPSA) is 58.6 Å². The molecule has 0 bridgehead atoms. The normalized spacial score (nSPS) is 11.9. The number of carbonyl (C=O) groups excluding carboxylic acids is 1. The molecule has 1 aromatic rings. The third-order valence-corrected chi connectivity index (χ3v) is 1.87. The van der Waals surface area contributed by atoms with Gasteiger partial charge in [0.25, 0.3) is 0 Å². The molecule has 0 heterocycles. The van der Waals surface area contributed by atoms with E-state index in [1.165, 1.54) is 0 Å². The predicted octanol–water partition coefficient (Wildman–Crippen LogP) is 1.24. The van der Waals surface area contributed by atoms with Gasteiger partial charge in [-0.05, 0) is 5.56 Å². The van der Waals surface area contributed by atoms with Crippen LogP contribution in [0, 0.1) is 0 Å². The number of rotatable bonds is 5. The molecule has 0 aliphatic heterocycles. The molecule has 4 nitrogen and oxygen atoms in total. The van der Waals surface area contributed by atoms with Crippen LogP contribution in [0.2, 0.25) is 0 Å². The van der Waals surface area contributed by atoms with Gasteiger partial charge in [-0.25, -0.2) is 9.18 Å². The van der Waals surface area contributed by atoms with E-state index in [1.807, 2.05) is 30.3 Å². The zero-order chi connectivity index (χ0) is 11.8. The summed E-state index contributed by atoms with van der Waals surface area (Å²) in [5, 5.41) is 11.1. The van der Waals surface area contributed by atoms with Crippen molar-refractivity contribution in [2.75, 3.05) is 13.2 Å². The van der Waals surface area contributed by atoms with Crippen molar-refractivity contribution in [3.05, 3.63) is 35.9 Å². The second-order valence-electron chi connectivity index (χ2n) is 3.25. The Morgan fingerprint density at radius 3 is 2.75 bits per heavy atom. The number of alkyl halides is 1. The number of hydrogen-bond donors (Lipinski definition) is 2. The molecule has 0 aliphatic carbocycles. The average Bonchev–Trinajstić information content (AvgIpc) is 2.34. The molecule has 1 rings (SSSR count). The van der Waals surface area contributed by atoms with Crippen molar-refractivity contribution >= 4 is 6.09 Å². The Morgan fingerprint density at radius 1 is 1.44 bits per heavy atom. The standard InChI is InChI=1S/C11H14FNO3/c12-6-10(14)7-13-11(15)16-8-9-4-2-1-3-5-9/h1-5,10,14H,6-8H2,(H,13,15). The van der Waals surface area contributed by atoms with E-state index in [2.05, 4.69) is 5.32 Å². The number of amides is 1. The fraction of sp³-hybridized carbons (Fsp3) is 0.364. The van der Waals surface area contributed by atoms with Gasteiger partial charge < -0.3 is 15.2 Å². The Morgan fingerprint density at radius 2 is 2.12 bits per heavy atom. The van der Waals surface area contributed by atoms with Gasteiger partial charge in [0.1, 0.15) is 13.3 Å². The number of carbonyl (C=O) groups is 1. The Labute approximate surface area is 93.0 Å². The minimum absolute atomic E-state index is 0.149. The van der Waals surface area contributed by atoms with Gasteiger partial charge in [-0.15, -0.1) is 0 Å². The van der Waals surface area contributed by atoms with Crippen molar-refractivity contribution in [3.8, 4) is 0 Å². The van der Waals surface area contributed by atoms with Crippen LogP contribution in [0.25, 0.3) is 0 Å². The Hall–Kier alpha value is -1.62. The van der Waals surface area contributed by atoms with Gasteiger partial charge in [0, 0.05) is 6.54 Å². The quantitative estimate of drug-likeness (QED) is 0.795.